The molecule has 4 bridgehead atoms. The predicted molar refractivity (Wildman–Crippen MR) is 90.3 cm³/mol. The summed E-state index contributed by atoms with van der Waals surface area (Å²) in [4.78, 5) is 25.2. The Kier molecular flexibility index (Phi) is 4.05. The SMILES string of the molecule is COC(=O)[C@H](NC(=O)c1ccccc1F)C12CC3CC(CC(C3)C1)C2. The second kappa shape index (κ2) is 6.11. The number of amides is 1. The molecule has 5 rings (SSSR count). The van der Waals surface area contributed by atoms with Gasteiger partial charge in [-0.2, -0.15) is 0 Å². The Morgan fingerprint density at radius 3 is 2.20 bits per heavy atom. The molecule has 0 heterocycles. The second-order valence-electron chi connectivity index (χ2n) is 8.19. The van der Waals surface area contributed by atoms with Gasteiger partial charge in [0, 0.05) is 5.41 Å². The Hall–Kier alpha value is -1.91. The molecule has 0 aromatic heterocycles. The van der Waals surface area contributed by atoms with Crippen molar-refractivity contribution in [1.82, 2.24) is 5.32 Å². The normalized spacial score (nSPS) is 33.8. The number of hydrogen-bond acceptors (Lipinski definition) is 3. The van der Waals surface area contributed by atoms with Gasteiger partial charge in [0.25, 0.3) is 5.91 Å². The number of carbonyl (C=O) groups excluding carboxylic acids is 2. The first-order valence-corrected chi connectivity index (χ1v) is 9.14. The third-order valence-corrected chi connectivity index (χ3v) is 6.53. The number of ether oxygens (including phenoxy) is 1. The molecule has 1 aromatic rings. The molecule has 134 valence electrons. The van der Waals surface area contributed by atoms with Crippen LogP contribution in [0.4, 0.5) is 4.39 Å². The van der Waals surface area contributed by atoms with Crippen LogP contribution < -0.4 is 5.32 Å². The van der Waals surface area contributed by atoms with Crippen LogP contribution in [0.3, 0.4) is 0 Å². The van der Waals surface area contributed by atoms with Gasteiger partial charge in [0.1, 0.15) is 11.9 Å². The van der Waals surface area contributed by atoms with Crippen molar-refractivity contribution in [2.24, 2.45) is 23.2 Å². The van der Waals surface area contributed by atoms with Crippen molar-refractivity contribution in [2.45, 2.75) is 44.6 Å². The zero-order valence-corrected chi connectivity index (χ0v) is 14.5. The summed E-state index contributed by atoms with van der Waals surface area (Å²) in [5, 5.41) is 2.83. The summed E-state index contributed by atoms with van der Waals surface area (Å²) in [5.41, 5.74) is -0.260. The van der Waals surface area contributed by atoms with E-state index in [0.29, 0.717) is 17.8 Å². The van der Waals surface area contributed by atoms with Crippen LogP contribution in [0.25, 0.3) is 0 Å². The maximum Gasteiger partial charge on any atom is 0.328 e. The fourth-order valence-electron chi connectivity index (χ4n) is 5.97. The molecule has 0 unspecified atom stereocenters. The Morgan fingerprint density at radius 2 is 1.68 bits per heavy atom. The van der Waals surface area contributed by atoms with E-state index in [2.05, 4.69) is 5.32 Å². The fourth-order valence-corrected chi connectivity index (χ4v) is 5.97. The predicted octanol–water partition coefficient (Wildman–Crippen LogP) is 3.31. The Balaban J connectivity index is 1.62. The molecule has 0 aliphatic heterocycles. The van der Waals surface area contributed by atoms with Crippen LogP contribution in [0.2, 0.25) is 0 Å². The third-order valence-electron chi connectivity index (χ3n) is 6.53. The monoisotopic (exact) mass is 345 g/mol. The number of benzene rings is 1. The van der Waals surface area contributed by atoms with Gasteiger partial charge >= 0.3 is 5.97 Å². The highest BCUT2D eigenvalue weighted by molar-refractivity contribution is 5.97. The Labute approximate surface area is 147 Å². The van der Waals surface area contributed by atoms with Crippen LogP contribution >= 0.6 is 0 Å². The minimum atomic E-state index is -0.696. The maximum absolute atomic E-state index is 14.0. The van der Waals surface area contributed by atoms with E-state index < -0.39 is 23.7 Å². The van der Waals surface area contributed by atoms with E-state index >= 15 is 0 Å². The summed E-state index contributed by atoms with van der Waals surface area (Å²) >= 11 is 0. The molecule has 0 saturated heterocycles. The molecule has 1 amide bonds. The lowest BCUT2D eigenvalue weighted by atomic mass is 9.47. The van der Waals surface area contributed by atoms with Gasteiger partial charge < -0.3 is 10.1 Å². The van der Waals surface area contributed by atoms with Gasteiger partial charge in [0.2, 0.25) is 0 Å². The lowest BCUT2D eigenvalue weighted by Gasteiger charge is -2.58. The summed E-state index contributed by atoms with van der Waals surface area (Å²) in [7, 11) is 1.35. The van der Waals surface area contributed by atoms with Gasteiger partial charge in [-0.1, -0.05) is 12.1 Å². The van der Waals surface area contributed by atoms with Crippen LogP contribution in [0.15, 0.2) is 24.3 Å². The summed E-state index contributed by atoms with van der Waals surface area (Å²) in [6.45, 7) is 0. The van der Waals surface area contributed by atoms with Crippen molar-refractivity contribution in [2.75, 3.05) is 7.11 Å². The van der Waals surface area contributed by atoms with Crippen molar-refractivity contribution < 1.29 is 18.7 Å². The standard InChI is InChI=1S/C20H24FNO3/c1-25-19(24)17(22-18(23)15-4-2-3-5-16(15)21)20-9-12-6-13(10-20)8-14(7-12)11-20/h2-5,12-14,17H,6-11H2,1H3,(H,22,23)/t12?,13?,14?,17-,20?/m0/s1. The highest BCUT2D eigenvalue weighted by Gasteiger charge is 2.56. The topological polar surface area (TPSA) is 55.4 Å². The molecule has 4 aliphatic carbocycles. The number of hydrogen-bond donors (Lipinski definition) is 1. The van der Waals surface area contributed by atoms with E-state index in [4.69, 9.17) is 4.74 Å². The maximum atomic E-state index is 14.0. The van der Waals surface area contributed by atoms with Crippen LogP contribution in [0.1, 0.15) is 48.9 Å². The largest absolute Gasteiger partial charge is 0.467 e. The lowest BCUT2D eigenvalue weighted by molar-refractivity contribution is -0.154. The molecule has 0 spiro atoms. The number of esters is 1. The molecule has 1 aromatic carbocycles. The molecule has 25 heavy (non-hydrogen) atoms. The third kappa shape index (κ3) is 2.83. The molecule has 0 radical (unpaired) electrons. The van der Waals surface area contributed by atoms with E-state index in [1.807, 2.05) is 0 Å². The summed E-state index contributed by atoms with van der Waals surface area (Å²) in [5.74, 6) is 0.404. The van der Waals surface area contributed by atoms with Crippen LogP contribution in [0, 0.1) is 29.0 Å². The summed E-state index contributed by atoms with van der Waals surface area (Å²) in [6, 6.07) is 5.17. The minimum Gasteiger partial charge on any atom is -0.467 e. The molecular weight excluding hydrogens is 321 g/mol. The molecule has 1 atom stereocenters. The van der Waals surface area contributed by atoms with Crippen LogP contribution in [-0.4, -0.2) is 25.0 Å². The quantitative estimate of drug-likeness (QED) is 0.852. The van der Waals surface area contributed by atoms with Gasteiger partial charge in [-0.15, -0.1) is 0 Å². The smallest absolute Gasteiger partial charge is 0.328 e. The highest BCUT2D eigenvalue weighted by atomic mass is 19.1. The van der Waals surface area contributed by atoms with E-state index in [1.165, 1.54) is 38.5 Å². The first-order valence-electron chi connectivity index (χ1n) is 9.14. The van der Waals surface area contributed by atoms with E-state index in [9.17, 15) is 14.0 Å². The number of methoxy groups -OCH3 is 1. The average Bonchev–Trinajstić information content (AvgIpc) is 2.58. The Bertz CT molecular complexity index is 667. The molecule has 4 fully saturated rings. The second-order valence-corrected chi connectivity index (χ2v) is 8.19. The lowest BCUT2D eigenvalue weighted by Crippen LogP contribution is -2.60. The number of carbonyl (C=O) groups is 2. The van der Waals surface area contributed by atoms with Crippen molar-refractivity contribution in [3.05, 3.63) is 35.6 Å². The molecule has 4 saturated carbocycles. The highest BCUT2D eigenvalue weighted by Crippen LogP contribution is 2.61. The Morgan fingerprint density at radius 1 is 1.12 bits per heavy atom. The fraction of sp³-hybridized carbons (Fsp3) is 0.600. The number of rotatable bonds is 4. The first-order chi connectivity index (χ1) is 12.0. The minimum absolute atomic E-state index is 0.0267. The average molecular weight is 345 g/mol. The van der Waals surface area contributed by atoms with Gasteiger partial charge in [0.05, 0.1) is 12.7 Å². The van der Waals surface area contributed by atoms with E-state index in [1.54, 1.807) is 12.1 Å². The van der Waals surface area contributed by atoms with Crippen molar-refractivity contribution >= 4 is 11.9 Å². The van der Waals surface area contributed by atoms with Crippen LogP contribution in [0.5, 0.6) is 0 Å². The molecule has 1 N–H and O–H groups in total. The number of nitrogens with one attached hydrogen (secondary N) is 1. The van der Waals surface area contributed by atoms with Gasteiger partial charge in [-0.05, 0) is 68.4 Å². The number of halogens is 1. The van der Waals surface area contributed by atoms with Gasteiger partial charge in [0.15, 0.2) is 0 Å². The van der Waals surface area contributed by atoms with E-state index in [0.717, 1.165) is 19.3 Å². The summed E-state index contributed by atoms with van der Waals surface area (Å²) in [6.07, 6.45) is 6.60. The first kappa shape index (κ1) is 16.6. The zero-order valence-electron chi connectivity index (χ0n) is 14.5. The van der Waals surface area contributed by atoms with Crippen molar-refractivity contribution in [3.63, 3.8) is 0 Å². The molecular formula is C20H24FNO3. The van der Waals surface area contributed by atoms with Crippen LogP contribution in [-0.2, 0) is 9.53 Å². The van der Waals surface area contributed by atoms with Gasteiger partial charge in [-0.3, -0.25) is 4.79 Å². The zero-order chi connectivity index (χ0) is 17.6. The van der Waals surface area contributed by atoms with E-state index in [-0.39, 0.29) is 11.0 Å². The van der Waals surface area contributed by atoms with Crippen molar-refractivity contribution in [1.29, 1.82) is 0 Å². The van der Waals surface area contributed by atoms with Crippen molar-refractivity contribution in [3.8, 4) is 0 Å². The van der Waals surface area contributed by atoms with Gasteiger partial charge in [-0.25, -0.2) is 9.18 Å². The molecule has 5 heteroatoms. The summed E-state index contributed by atoms with van der Waals surface area (Å²) < 4.78 is 19.0. The molecule has 4 aliphatic rings. The molecule has 4 nitrogen and oxygen atoms in total.